The number of rotatable bonds is 3. The zero-order valence-electron chi connectivity index (χ0n) is 9.56. The van der Waals surface area contributed by atoms with Gasteiger partial charge in [-0.2, -0.15) is 0 Å². The van der Waals surface area contributed by atoms with Gasteiger partial charge in [0.15, 0.2) is 5.76 Å². The number of nitrogen functional groups attached to an aromatic ring is 1. The van der Waals surface area contributed by atoms with Crippen molar-refractivity contribution in [1.29, 1.82) is 0 Å². The summed E-state index contributed by atoms with van der Waals surface area (Å²) in [6.07, 6.45) is 1.40. The van der Waals surface area contributed by atoms with Crippen LogP contribution < -0.4 is 11.3 Å². The molecule has 0 aromatic carbocycles. The van der Waals surface area contributed by atoms with E-state index in [1.54, 1.807) is 12.1 Å². The maximum Gasteiger partial charge on any atom is 0.300 e. The molecule has 0 atom stereocenters. The van der Waals surface area contributed by atoms with Crippen molar-refractivity contribution in [3.05, 3.63) is 23.7 Å². The van der Waals surface area contributed by atoms with Crippen molar-refractivity contribution in [1.82, 2.24) is 10.3 Å². The fraction of sp³-hybridized carbons (Fsp3) is 0.545. The van der Waals surface area contributed by atoms with Crippen molar-refractivity contribution in [3.63, 3.8) is 0 Å². The zero-order chi connectivity index (χ0) is 12.3. The third-order valence-electron chi connectivity index (χ3n) is 2.95. The Bertz CT molecular complexity index is 383. The number of amides is 1. The van der Waals surface area contributed by atoms with Crippen LogP contribution in [-0.2, 0) is 6.54 Å². The second-order valence-corrected chi connectivity index (χ2v) is 4.25. The lowest BCUT2D eigenvalue weighted by molar-refractivity contribution is 0.0754. The van der Waals surface area contributed by atoms with Gasteiger partial charge in [-0.1, -0.05) is 0 Å². The van der Waals surface area contributed by atoms with Gasteiger partial charge in [0.05, 0.1) is 12.6 Å². The molecule has 17 heavy (non-hydrogen) atoms. The number of likely N-dealkylation sites (tertiary alicyclic amines) is 1. The molecule has 2 heterocycles. The van der Waals surface area contributed by atoms with Crippen molar-refractivity contribution in [3.8, 4) is 0 Å². The number of nitrogens with two attached hydrogens (primary N) is 1. The predicted molar refractivity (Wildman–Crippen MR) is 60.9 cm³/mol. The third-order valence-corrected chi connectivity index (χ3v) is 2.95. The van der Waals surface area contributed by atoms with E-state index in [1.807, 2.05) is 5.43 Å². The number of nitrogens with zero attached hydrogens (tertiary/aromatic N) is 1. The summed E-state index contributed by atoms with van der Waals surface area (Å²) < 4.78 is 5.37. The van der Waals surface area contributed by atoms with Crippen LogP contribution in [0, 0.1) is 0 Å². The van der Waals surface area contributed by atoms with E-state index in [4.69, 9.17) is 10.3 Å². The van der Waals surface area contributed by atoms with Gasteiger partial charge in [0.1, 0.15) is 5.76 Å². The van der Waals surface area contributed by atoms with Crippen molar-refractivity contribution < 1.29 is 14.3 Å². The smallest absolute Gasteiger partial charge is 0.300 e. The van der Waals surface area contributed by atoms with Gasteiger partial charge in [-0.3, -0.25) is 15.1 Å². The van der Waals surface area contributed by atoms with Gasteiger partial charge in [-0.05, 0) is 25.0 Å². The monoisotopic (exact) mass is 239 g/mol. The first-order chi connectivity index (χ1) is 8.19. The van der Waals surface area contributed by atoms with Crippen LogP contribution in [0.4, 0.5) is 0 Å². The van der Waals surface area contributed by atoms with E-state index in [2.05, 4.69) is 4.90 Å². The van der Waals surface area contributed by atoms with Crippen LogP contribution in [0.5, 0.6) is 0 Å². The zero-order valence-corrected chi connectivity index (χ0v) is 9.56. The summed E-state index contributed by atoms with van der Waals surface area (Å²) >= 11 is 0. The molecule has 1 aliphatic heterocycles. The Morgan fingerprint density at radius 2 is 2.24 bits per heavy atom. The van der Waals surface area contributed by atoms with E-state index >= 15 is 0 Å². The molecule has 0 spiro atoms. The second-order valence-electron chi connectivity index (χ2n) is 4.25. The number of carbonyl (C=O) groups is 1. The Hall–Kier alpha value is -1.37. The SMILES string of the molecule is NNC(=O)c1ccc(CN2CCC(O)CC2)o1. The Kier molecular flexibility index (Phi) is 3.78. The van der Waals surface area contributed by atoms with Gasteiger partial charge in [-0.25, -0.2) is 5.84 Å². The lowest BCUT2D eigenvalue weighted by Gasteiger charge is -2.28. The maximum absolute atomic E-state index is 11.2. The molecule has 1 fully saturated rings. The molecule has 1 amide bonds. The minimum Gasteiger partial charge on any atom is -0.455 e. The number of carbonyl (C=O) groups excluding carboxylic acids is 1. The first-order valence-corrected chi connectivity index (χ1v) is 5.69. The Morgan fingerprint density at radius 3 is 2.88 bits per heavy atom. The largest absolute Gasteiger partial charge is 0.455 e. The summed E-state index contributed by atoms with van der Waals surface area (Å²) in [6, 6.07) is 3.38. The van der Waals surface area contributed by atoms with Gasteiger partial charge in [0.2, 0.25) is 0 Å². The molecule has 1 saturated heterocycles. The van der Waals surface area contributed by atoms with Crippen LogP contribution in [0.15, 0.2) is 16.5 Å². The number of aliphatic hydroxyl groups excluding tert-OH is 1. The highest BCUT2D eigenvalue weighted by Gasteiger charge is 2.18. The summed E-state index contributed by atoms with van der Waals surface area (Å²) in [7, 11) is 0. The van der Waals surface area contributed by atoms with E-state index in [9.17, 15) is 9.90 Å². The molecule has 0 bridgehead atoms. The van der Waals surface area contributed by atoms with Gasteiger partial charge < -0.3 is 9.52 Å². The molecule has 4 N–H and O–H groups in total. The molecule has 1 aliphatic rings. The van der Waals surface area contributed by atoms with Gasteiger partial charge in [0, 0.05) is 13.1 Å². The number of aliphatic hydroxyl groups is 1. The molecule has 1 aromatic heterocycles. The molecule has 0 saturated carbocycles. The minimum absolute atomic E-state index is 0.179. The van der Waals surface area contributed by atoms with Gasteiger partial charge >= 0.3 is 5.91 Å². The molecule has 6 heteroatoms. The highest BCUT2D eigenvalue weighted by molar-refractivity contribution is 5.90. The fourth-order valence-electron chi connectivity index (χ4n) is 1.95. The summed E-state index contributed by atoms with van der Waals surface area (Å²) in [4.78, 5) is 13.4. The Labute approximate surface area is 99.3 Å². The van der Waals surface area contributed by atoms with Gasteiger partial charge in [-0.15, -0.1) is 0 Å². The van der Waals surface area contributed by atoms with Gasteiger partial charge in [0.25, 0.3) is 0 Å². The topological polar surface area (TPSA) is 91.7 Å². The Balaban J connectivity index is 1.90. The highest BCUT2D eigenvalue weighted by Crippen LogP contribution is 2.15. The van der Waals surface area contributed by atoms with E-state index in [-0.39, 0.29) is 11.9 Å². The third kappa shape index (κ3) is 3.06. The Morgan fingerprint density at radius 1 is 1.53 bits per heavy atom. The summed E-state index contributed by atoms with van der Waals surface area (Å²) in [5.41, 5.74) is 2.02. The summed E-state index contributed by atoms with van der Waals surface area (Å²) in [6.45, 7) is 2.35. The van der Waals surface area contributed by atoms with Crippen molar-refractivity contribution >= 4 is 5.91 Å². The molecule has 94 valence electrons. The standard InChI is InChI=1S/C11H17N3O3/c12-13-11(16)10-2-1-9(17-10)7-14-5-3-8(15)4-6-14/h1-2,8,15H,3-7,12H2,(H,13,16). The first-order valence-electron chi connectivity index (χ1n) is 5.69. The van der Waals surface area contributed by atoms with E-state index in [1.165, 1.54) is 0 Å². The number of piperidine rings is 1. The van der Waals surface area contributed by atoms with Crippen LogP contribution in [0.25, 0.3) is 0 Å². The molecule has 0 aliphatic carbocycles. The normalized spacial score (nSPS) is 18.2. The van der Waals surface area contributed by atoms with Crippen molar-refractivity contribution in [2.24, 2.45) is 5.84 Å². The highest BCUT2D eigenvalue weighted by atomic mass is 16.4. The fourth-order valence-corrected chi connectivity index (χ4v) is 1.95. The van der Waals surface area contributed by atoms with Crippen LogP contribution in [0.1, 0.15) is 29.2 Å². The van der Waals surface area contributed by atoms with E-state index in [0.717, 1.165) is 31.7 Å². The molecular formula is C11H17N3O3. The number of nitrogens with one attached hydrogen (secondary N) is 1. The maximum atomic E-state index is 11.2. The quantitative estimate of drug-likeness (QED) is 0.387. The molecule has 1 aromatic rings. The van der Waals surface area contributed by atoms with E-state index < -0.39 is 5.91 Å². The second kappa shape index (κ2) is 5.31. The van der Waals surface area contributed by atoms with Crippen LogP contribution in [-0.4, -0.2) is 35.1 Å². The van der Waals surface area contributed by atoms with E-state index in [0.29, 0.717) is 6.54 Å². The molecule has 6 nitrogen and oxygen atoms in total. The number of hydrazine groups is 1. The minimum atomic E-state index is -0.426. The number of hydrogen-bond donors (Lipinski definition) is 3. The van der Waals surface area contributed by atoms with Crippen LogP contribution in [0.3, 0.4) is 0 Å². The molecule has 0 unspecified atom stereocenters. The predicted octanol–water partition coefficient (Wildman–Crippen LogP) is -0.160. The van der Waals surface area contributed by atoms with Crippen molar-refractivity contribution in [2.45, 2.75) is 25.5 Å². The molecule has 0 radical (unpaired) electrons. The average Bonchev–Trinajstić information content (AvgIpc) is 2.80. The summed E-state index contributed by atoms with van der Waals surface area (Å²) in [5.74, 6) is 5.55. The first kappa shape index (κ1) is 12.1. The lowest BCUT2D eigenvalue weighted by Crippen LogP contribution is -2.35. The summed E-state index contributed by atoms with van der Waals surface area (Å²) in [5, 5.41) is 9.38. The van der Waals surface area contributed by atoms with Crippen LogP contribution >= 0.6 is 0 Å². The van der Waals surface area contributed by atoms with Crippen LogP contribution in [0.2, 0.25) is 0 Å². The number of furan rings is 1. The number of hydrogen-bond acceptors (Lipinski definition) is 5. The van der Waals surface area contributed by atoms with Crippen molar-refractivity contribution in [2.75, 3.05) is 13.1 Å². The lowest BCUT2D eigenvalue weighted by atomic mass is 10.1. The molecule has 2 rings (SSSR count). The molecular weight excluding hydrogens is 222 g/mol. The average molecular weight is 239 g/mol.